The van der Waals surface area contributed by atoms with Crippen molar-refractivity contribution in [1.29, 1.82) is 0 Å². The maximum Gasteiger partial charge on any atom is 0.193 e. The number of benzene rings is 1. The minimum Gasteiger partial charge on any atom is -0.487 e. The van der Waals surface area contributed by atoms with Crippen molar-refractivity contribution in [3.8, 4) is 5.75 Å². The van der Waals surface area contributed by atoms with E-state index in [1.807, 2.05) is 40.4 Å². The quantitative estimate of drug-likeness (QED) is 0.794. The molecule has 0 saturated heterocycles. The van der Waals surface area contributed by atoms with Gasteiger partial charge in [0.05, 0.1) is 12.3 Å². The molecule has 2 heterocycles. The van der Waals surface area contributed by atoms with Crippen LogP contribution in [-0.4, -0.2) is 14.5 Å². The van der Waals surface area contributed by atoms with Crippen LogP contribution < -0.4 is 4.74 Å². The van der Waals surface area contributed by atoms with E-state index >= 15 is 0 Å². The van der Waals surface area contributed by atoms with E-state index in [9.17, 15) is 5.11 Å². The summed E-state index contributed by atoms with van der Waals surface area (Å²) in [6.07, 6.45) is 3.93. The van der Waals surface area contributed by atoms with Crippen LogP contribution in [0.1, 0.15) is 11.3 Å². The summed E-state index contributed by atoms with van der Waals surface area (Å²) in [5.41, 5.74) is 1.70. The zero-order valence-corrected chi connectivity index (χ0v) is 12.3. The van der Waals surface area contributed by atoms with Gasteiger partial charge < -0.3 is 9.84 Å². The van der Waals surface area contributed by atoms with Gasteiger partial charge in [-0.3, -0.25) is 4.40 Å². The van der Waals surface area contributed by atoms with Gasteiger partial charge in [0, 0.05) is 22.2 Å². The van der Waals surface area contributed by atoms with E-state index in [0.29, 0.717) is 6.61 Å². The fourth-order valence-corrected chi connectivity index (χ4v) is 2.86. The fraction of sp³-hybridized carbons (Fsp3) is 0.154. The summed E-state index contributed by atoms with van der Waals surface area (Å²) in [5, 5.41) is 11.2. The standard InChI is InChI=1S/C13H11BrN2O2S/c14-12-2-1-11(5-9(12)7-17)18-8-10-6-16-3-4-19-13(16)15-10/h1-6,17H,7-8H2. The van der Waals surface area contributed by atoms with E-state index in [2.05, 4.69) is 20.9 Å². The summed E-state index contributed by atoms with van der Waals surface area (Å²) in [5.74, 6) is 0.726. The van der Waals surface area contributed by atoms with Gasteiger partial charge in [-0.25, -0.2) is 4.98 Å². The van der Waals surface area contributed by atoms with Crippen molar-refractivity contribution >= 4 is 32.2 Å². The second-order valence-corrected chi connectivity index (χ2v) is 5.75. The summed E-state index contributed by atoms with van der Waals surface area (Å²) in [4.78, 5) is 5.41. The molecule has 0 fully saturated rings. The monoisotopic (exact) mass is 338 g/mol. The molecule has 0 spiro atoms. The van der Waals surface area contributed by atoms with Crippen molar-refractivity contribution in [3.63, 3.8) is 0 Å². The third-order valence-corrected chi connectivity index (χ3v) is 4.26. The summed E-state index contributed by atoms with van der Waals surface area (Å²) in [7, 11) is 0. The smallest absolute Gasteiger partial charge is 0.193 e. The average Bonchev–Trinajstić information content (AvgIpc) is 2.98. The number of imidazole rings is 1. The van der Waals surface area contributed by atoms with E-state index in [1.54, 1.807) is 11.3 Å². The Morgan fingerprint density at radius 2 is 2.32 bits per heavy atom. The topological polar surface area (TPSA) is 46.8 Å². The highest BCUT2D eigenvalue weighted by atomic mass is 79.9. The molecule has 19 heavy (non-hydrogen) atoms. The molecule has 2 aromatic heterocycles. The average molecular weight is 339 g/mol. The van der Waals surface area contributed by atoms with Crippen LogP contribution in [0.2, 0.25) is 0 Å². The molecule has 4 nitrogen and oxygen atoms in total. The molecule has 0 aliphatic carbocycles. The Labute approximate surface area is 122 Å². The number of fused-ring (bicyclic) bond motifs is 1. The van der Waals surface area contributed by atoms with E-state index in [0.717, 1.165) is 26.4 Å². The van der Waals surface area contributed by atoms with Crippen molar-refractivity contribution in [3.05, 3.63) is 51.7 Å². The Bertz CT molecular complexity index is 679. The van der Waals surface area contributed by atoms with Gasteiger partial charge in [-0.2, -0.15) is 0 Å². The highest BCUT2D eigenvalue weighted by molar-refractivity contribution is 9.10. The van der Waals surface area contributed by atoms with Gasteiger partial charge in [0.1, 0.15) is 12.4 Å². The lowest BCUT2D eigenvalue weighted by molar-refractivity contribution is 0.276. The maximum absolute atomic E-state index is 9.20. The Hall–Kier alpha value is -1.37. The van der Waals surface area contributed by atoms with Gasteiger partial charge in [-0.1, -0.05) is 15.9 Å². The number of ether oxygens (including phenoxy) is 1. The molecule has 98 valence electrons. The van der Waals surface area contributed by atoms with Crippen molar-refractivity contribution in [2.75, 3.05) is 0 Å². The number of halogens is 1. The van der Waals surface area contributed by atoms with Crippen LogP contribution in [0, 0.1) is 0 Å². The summed E-state index contributed by atoms with van der Waals surface area (Å²) < 4.78 is 8.54. The molecular formula is C13H11BrN2O2S. The van der Waals surface area contributed by atoms with Crippen LogP contribution >= 0.6 is 27.3 Å². The van der Waals surface area contributed by atoms with Gasteiger partial charge >= 0.3 is 0 Å². The SMILES string of the molecule is OCc1cc(OCc2cn3ccsc3n2)ccc1Br. The van der Waals surface area contributed by atoms with E-state index < -0.39 is 0 Å². The molecule has 3 rings (SSSR count). The zero-order chi connectivity index (χ0) is 13.2. The van der Waals surface area contributed by atoms with Crippen molar-refractivity contribution in [2.45, 2.75) is 13.2 Å². The normalized spacial score (nSPS) is 11.1. The predicted octanol–water partition coefficient (Wildman–Crippen LogP) is 3.23. The summed E-state index contributed by atoms with van der Waals surface area (Å²) in [6, 6.07) is 5.55. The fourth-order valence-electron chi connectivity index (χ4n) is 1.76. The van der Waals surface area contributed by atoms with Crippen molar-refractivity contribution in [2.24, 2.45) is 0 Å². The number of hydrogen-bond acceptors (Lipinski definition) is 4. The minimum atomic E-state index is -0.0159. The number of aromatic nitrogens is 2. The molecule has 0 atom stereocenters. The lowest BCUT2D eigenvalue weighted by Crippen LogP contribution is -1.96. The Morgan fingerprint density at radius 1 is 1.42 bits per heavy atom. The van der Waals surface area contributed by atoms with Gasteiger partial charge in [-0.15, -0.1) is 11.3 Å². The van der Waals surface area contributed by atoms with Gasteiger partial charge in [0.25, 0.3) is 0 Å². The van der Waals surface area contributed by atoms with Gasteiger partial charge in [0.2, 0.25) is 0 Å². The zero-order valence-electron chi connectivity index (χ0n) is 9.91. The third-order valence-electron chi connectivity index (χ3n) is 2.72. The number of aliphatic hydroxyl groups excluding tert-OH is 1. The number of nitrogens with zero attached hydrogens (tertiary/aromatic N) is 2. The van der Waals surface area contributed by atoms with Crippen LogP contribution in [0.15, 0.2) is 40.4 Å². The predicted molar refractivity (Wildman–Crippen MR) is 77.5 cm³/mol. The second-order valence-electron chi connectivity index (χ2n) is 4.03. The molecule has 0 saturated carbocycles. The molecular weight excluding hydrogens is 328 g/mol. The largest absolute Gasteiger partial charge is 0.487 e. The highest BCUT2D eigenvalue weighted by Gasteiger charge is 2.05. The van der Waals surface area contributed by atoms with E-state index in [1.165, 1.54) is 0 Å². The van der Waals surface area contributed by atoms with Crippen LogP contribution in [-0.2, 0) is 13.2 Å². The first-order valence-electron chi connectivity index (χ1n) is 5.69. The number of aliphatic hydroxyl groups is 1. The summed E-state index contributed by atoms with van der Waals surface area (Å²) in [6.45, 7) is 0.402. The lowest BCUT2D eigenvalue weighted by Gasteiger charge is -2.07. The Morgan fingerprint density at radius 3 is 3.11 bits per heavy atom. The molecule has 1 N–H and O–H groups in total. The number of hydrogen-bond donors (Lipinski definition) is 1. The molecule has 1 aromatic carbocycles. The molecule has 0 amide bonds. The van der Waals surface area contributed by atoms with Crippen LogP contribution in [0.3, 0.4) is 0 Å². The molecule has 0 radical (unpaired) electrons. The first kappa shape index (κ1) is 12.7. The van der Waals surface area contributed by atoms with E-state index in [4.69, 9.17) is 4.74 Å². The minimum absolute atomic E-state index is 0.0159. The van der Waals surface area contributed by atoms with Crippen molar-refractivity contribution in [1.82, 2.24) is 9.38 Å². The number of rotatable bonds is 4. The van der Waals surface area contributed by atoms with Gasteiger partial charge in [-0.05, 0) is 23.8 Å². The summed E-state index contributed by atoms with van der Waals surface area (Å²) >= 11 is 4.97. The van der Waals surface area contributed by atoms with Crippen molar-refractivity contribution < 1.29 is 9.84 Å². The first-order chi connectivity index (χ1) is 9.26. The highest BCUT2D eigenvalue weighted by Crippen LogP contribution is 2.23. The Kier molecular flexibility index (Phi) is 3.54. The molecule has 0 aliphatic heterocycles. The molecule has 3 aromatic rings. The second kappa shape index (κ2) is 5.32. The Balaban J connectivity index is 1.73. The van der Waals surface area contributed by atoms with E-state index in [-0.39, 0.29) is 6.61 Å². The first-order valence-corrected chi connectivity index (χ1v) is 7.36. The third kappa shape index (κ3) is 2.65. The lowest BCUT2D eigenvalue weighted by atomic mass is 10.2. The molecule has 0 aliphatic rings. The molecule has 0 bridgehead atoms. The maximum atomic E-state index is 9.20. The van der Waals surface area contributed by atoms with Crippen LogP contribution in [0.4, 0.5) is 0 Å². The molecule has 6 heteroatoms. The van der Waals surface area contributed by atoms with Crippen LogP contribution in [0.25, 0.3) is 4.96 Å². The van der Waals surface area contributed by atoms with Gasteiger partial charge in [0.15, 0.2) is 4.96 Å². The van der Waals surface area contributed by atoms with Crippen LogP contribution in [0.5, 0.6) is 5.75 Å². The number of thiazole rings is 1. The molecule has 0 unspecified atom stereocenters.